The van der Waals surface area contributed by atoms with Gasteiger partial charge in [0.05, 0.1) is 18.6 Å². The zero-order chi connectivity index (χ0) is 18.1. The van der Waals surface area contributed by atoms with Crippen molar-refractivity contribution in [1.82, 2.24) is 5.32 Å². The number of furan rings is 1. The average Bonchev–Trinajstić information content (AvgIpc) is 2.81. The largest absolute Gasteiger partial charge is 0.481 e. The second kappa shape index (κ2) is 6.65. The Hall–Kier alpha value is -2.34. The van der Waals surface area contributed by atoms with Crippen molar-refractivity contribution in [1.29, 1.82) is 0 Å². The van der Waals surface area contributed by atoms with Crippen molar-refractivity contribution < 1.29 is 23.8 Å². The molecule has 1 amide bonds. The van der Waals surface area contributed by atoms with E-state index < -0.39 is 17.4 Å². The quantitative estimate of drug-likeness (QED) is 0.848. The predicted octanol–water partition coefficient (Wildman–Crippen LogP) is 2.97. The van der Waals surface area contributed by atoms with Gasteiger partial charge in [-0.2, -0.15) is 0 Å². The van der Waals surface area contributed by atoms with Gasteiger partial charge in [-0.15, -0.1) is 0 Å². The zero-order valence-corrected chi connectivity index (χ0v) is 14.6. The van der Waals surface area contributed by atoms with Gasteiger partial charge >= 0.3 is 5.97 Å². The smallest absolute Gasteiger partial charge is 0.305 e. The molecular formula is C18H23NO5. The summed E-state index contributed by atoms with van der Waals surface area (Å²) in [5, 5.41) is 12.7. The fourth-order valence-corrected chi connectivity index (χ4v) is 3.01. The molecule has 0 aliphatic heterocycles. The summed E-state index contributed by atoms with van der Waals surface area (Å²) in [4.78, 5) is 23.8. The lowest BCUT2D eigenvalue weighted by molar-refractivity contribution is -0.139. The lowest BCUT2D eigenvalue weighted by Gasteiger charge is -2.28. The van der Waals surface area contributed by atoms with Gasteiger partial charge in [0.15, 0.2) is 5.76 Å². The van der Waals surface area contributed by atoms with E-state index >= 15 is 0 Å². The highest BCUT2D eigenvalue weighted by atomic mass is 16.5. The summed E-state index contributed by atoms with van der Waals surface area (Å²) >= 11 is 0. The van der Waals surface area contributed by atoms with E-state index in [9.17, 15) is 9.59 Å². The van der Waals surface area contributed by atoms with Crippen molar-refractivity contribution in [3.63, 3.8) is 0 Å². The molecule has 1 aromatic heterocycles. The second-order valence-electron chi connectivity index (χ2n) is 6.48. The minimum atomic E-state index is -1.02. The van der Waals surface area contributed by atoms with Gasteiger partial charge < -0.3 is 19.6 Å². The first-order valence-corrected chi connectivity index (χ1v) is 7.71. The summed E-state index contributed by atoms with van der Waals surface area (Å²) in [7, 11) is 1.46. The number of amides is 1. The van der Waals surface area contributed by atoms with Crippen molar-refractivity contribution in [2.45, 2.75) is 39.7 Å². The van der Waals surface area contributed by atoms with Crippen LogP contribution < -0.4 is 5.32 Å². The summed E-state index contributed by atoms with van der Waals surface area (Å²) in [6, 6.07) is 3.93. The number of carboxylic acid groups (broad SMARTS) is 1. The van der Waals surface area contributed by atoms with Crippen LogP contribution in [0.4, 0.5) is 0 Å². The van der Waals surface area contributed by atoms with E-state index in [0.29, 0.717) is 5.58 Å². The maximum atomic E-state index is 12.7. The van der Waals surface area contributed by atoms with Gasteiger partial charge in [0, 0.05) is 18.1 Å². The third kappa shape index (κ3) is 3.43. The Morgan fingerprint density at radius 2 is 1.88 bits per heavy atom. The van der Waals surface area contributed by atoms with Crippen LogP contribution in [0.2, 0.25) is 0 Å². The van der Waals surface area contributed by atoms with Gasteiger partial charge in [-0.25, -0.2) is 0 Å². The highest BCUT2D eigenvalue weighted by molar-refractivity contribution is 6.01. The molecule has 1 atom stereocenters. The number of aliphatic carboxylic acids is 1. The van der Waals surface area contributed by atoms with Crippen LogP contribution in [0.15, 0.2) is 16.5 Å². The summed E-state index contributed by atoms with van der Waals surface area (Å²) < 4.78 is 10.9. The van der Waals surface area contributed by atoms with Crippen LogP contribution >= 0.6 is 0 Å². The highest BCUT2D eigenvalue weighted by Gasteiger charge is 2.32. The number of hydrogen-bond donors (Lipinski definition) is 2. The van der Waals surface area contributed by atoms with Crippen LogP contribution in [0.5, 0.6) is 0 Å². The third-order valence-corrected chi connectivity index (χ3v) is 4.11. The Bertz CT molecular complexity index is 792. The third-order valence-electron chi connectivity index (χ3n) is 4.11. The standard InChI is InChI=1S/C18H23NO5/c1-10-6-7-11(2)15-14(10)12(3)16(24-15)17(22)19-18(4,9-23-5)8-13(20)21/h6-7H,8-9H2,1-5H3,(H,19,22)(H,20,21). The van der Waals surface area contributed by atoms with E-state index in [-0.39, 0.29) is 18.8 Å². The predicted molar refractivity (Wildman–Crippen MR) is 90.4 cm³/mol. The Labute approximate surface area is 140 Å². The van der Waals surface area contributed by atoms with Crippen molar-refractivity contribution in [2.24, 2.45) is 0 Å². The van der Waals surface area contributed by atoms with E-state index in [0.717, 1.165) is 22.1 Å². The number of carbonyl (C=O) groups excluding carboxylic acids is 1. The Morgan fingerprint density at radius 1 is 1.25 bits per heavy atom. The molecule has 1 unspecified atom stereocenters. The fraction of sp³-hybridized carbons (Fsp3) is 0.444. The van der Waals surface area contributed by atoms with Gasteiger partial charge in [-0.1, -0.05) is 12.1 Å². The Balaban J connectivity index is 2.41. The van der Waals surface area contributed by atoms with Crippen LogP contribution in [0.3, 0.4) is 0 Å². The number of nitrogens with one attached hydrogen (secondary N) is 1. The minimum absolute atomic E-state index is 0.0857. The minimum Gasteiger partial charge on any atom is -0.481 e. The number of benzene rings is 1. The van der Waals surface area contributed by atoms with Crippen molar-refractivity contribution in [2.75, 3.05) is 13.7 Å². The molecule has 0 bridgehead atoms. The van der Waals surface area contributed by atoms with Gasteiger partial charge in [-0.3, -0.25) is 9.59 Å². The molecule has 0 aliphatic carbocycles. The number of hydrogen-bond acceptors (Lipinski definition) is 4. The number of aryl methyl sites for hydroxylation is 3. The summed E-state index contributed by atoms with van der Waals surface area (Å²) in [6.45, 7) is 7.44. The molecule has 6 heteroatoms. The van der Waals surface area contributed by atoms with Gasteiger partial charge in [-0.05, 0) is 38.8 Å². The van der Waals surface area contributed by atoms with E-state index in [1.165, 1.54) is 7.11 Å². The molecule has 0 spiro atoms. The number of rotatable bonds is 6. The first kappa shape index (κ1) is 18.0. The van der Waals surface area contributed by atoms with Crippen molar-refractivity contribution >= 4 is 22.8 Å². The molecular weight excluding hydrogens is 310 g/mol. The molecule has 2 rings (SSSR count). The molecule has 0 saturated heterocycles. The molecule has 1 aromatic carbocycles. The maximum absolute atomic E-state index is 12.7. The molecule has 130 valence electrons. The number of fused-ring (bicyclic) bond motifs is 1. The molecule has 2 N–H and O–H groups in total. The second-order valence-corrected chi connectivity index (χ2v) is 6.48. The Kier molecular flexibility index (Phi) is 4.99. The topological polar surface area (TPSA) is 88.8 Å². The monoisotopic (exact) mass is 333 g/mol. The molecule has 1 heterocycles. The first-order valence-electron chi connectivity index (χ1n) is 7.71. The van der Waals surface area contributed by atoms with Crippen molar-refractivity contribution in [3.05, 3.63) is 34.6 Å². The van der Waals surface area contributed by atoms with E-state index in [1.807, 2.05) is 32.9 Å². The lowest BCUT2D eigenvalue weighted by Crippen LogP contribution is -2.50. The van der Waals surface area contributed by atoms with Gasteiger partial charge in [0.2, 0.25) is 0 Å². The van der Waals surface area contributed by atoms with Crippen LogP contribution in [0.1, 0.15) is 40.6 Å². The lowest BCUT2D eigenvalue weighted by atomic mass is 9.98. The van der Waals surface area contributed by atoms with Gasteiger partial charge in [0.1, 0.15) is 5.58 Å². The molecule has 0 saturated carbocycles. The normalized spacial score (nSPS) is 13.7. The van der Waals surface area contributed by atoms with Crippen LogP contribution in [-0.2, 0) is 9.53 Å². The van der Waals surface area contributed by atoms with E-state index in [1.54, 1.807) is 6.92 Å². The average molecular weight is 333 g/mol. The van der Waals surface area contributed by atoms with Crippen LogP contribution in [-0.4, -0.2) is 36.2 Å². The summed E-state index contributed by atoms with van der Waals surface area (Å²) in [5.74, 6) is -1.25. The Morgan fingerprint density at radius 3 is 2.42 bits per heavy atom. The van der Waals surface area contributed by atoms with Crippen LogP contribution in [0, 0.1) is 20.8 Å². The van der Waals surface area contributed by atoms with Gasteiger partial charge in [0.25, 0.3) is 5.91 Å². The number of ether oxygens (including phenoxy) is 1. The molecule has 0 radical (unpaired) electrons. The number of methoxy groups -OCH3 is 1. The maximum Gasteiger partial charge on any atom is 0.305 e. The fourth-order valence-electron chi connectivity index (χ4n) is 3.01. The molecule has 6 nitrogen and oxygen atoms in total. The number of carboxylic acids is 1. The summed E-state index contributed by atoms with van der Waals surface area (Å²) in [6.07, 6.45) is -0.246. The van der Waals surface area contributed by atoms with Crippen LogP contribution in [0.25, 0.3) is 11.0 Å². The molecule has 0 aliphatic rings. The number of carbonyl (C=O) groups is 2. The molecule has 0 fully saturated rings. The van der Waals surface area contributed by atoms with E-state index in [2.05, 4.69) is 5.32 Å². The first-order chi connectivity index (χ1) is 11.2. The molecule has 2 aromatic rings. The highest BCUT2D eigenvalue weighted by Crippen LogP contribution is 2.31. The van der Waals surface area contributed by atoms with E-state index in [4.69, 9.17) is 14.3 Å². The SMILES string of the molecule is COCC(C)(CC(=O)O)NC(=O)c1oc2c(C)ccc(C)c2c1C. The summed E-state index contributed by atoms with van der Waals surface area (Å²) in [5.41, 5.74) is 2.39. The molecule has 24 heavy (non-hydrogen) atoms. The van der Waals surface area contributed by atoms with Crippen molar-refractivity contribution in [3.8, 4) is 0 Å². The zero-order valence-electron chi connectivity index (χ0n) is 14.6.